The van der Waals surface area contributed by atoms with Gasteiger partial charge in [-0.3, -0.25) is 10.0 Å². The molecule has 0 atom stereocenters. The minimum atomic E-state index is -0.683. The highest BCUT2D eigenvalue weighted by atomic mass is 16.6. The van der Waals surface area contributed by atoms with Gasteiger partial charge in [0.2, 0.25) is 0 Å². The SMILES string of the molecule is CCOCCOC(O)=C1Cc2ccccc2N(O)C1=O. The van der Waals surface area contributed by atoms with Crippen molar-refractivity contribution in [3.8, 4) is 0 Å². The zero-order valence-electron chi connectivity index (χ0n) is 11.2. The second-order valence-corrected chi connectivity index (χ2v) is 4.25. The number of hydroxylamine groups is 1. The highest BCUT2D eigenvalue weighted by Gasteiger charge is 2.30. The topological polar surface area (TPSA) is 79.2 Å². The molecular weight excluding hydrogens is 262 g/mol. The van der Waals surface area contributed by atoms with E-state index < -0.39 is 11.9 Å². The molecule has 0 aromatic heterocycles. The van der Waals surface area contributed by atoms with Crippen molar-refractivity contribution in [1.82, 2.24) is 0 Å². The molecule has 0 aliphatic carbocycles. The number of rotatable bonds is 5. The molecule has 6 heteroatoms. The lowest BCUT2D eigenvalue weighted by atomic mass is 9.99. The molecule has 1 aromatic carbocycles. The van der Waals surface area contributed by atoms with Crippen molar-refractivity contribution in [2.45, 2.75) is 13.3 Å². The van der Waals surface area contributed by atoms with E-state index in [2.05, 4.69) is 0 Å². The highest BCUT2D eigenvalue weighted by Crippen LogP contribution is 2.29. The molecule has 108 valence electrons. The van der Waals surface area contributed by atoms with E-state index in [0.29, 0.717) is 24.0 Å². The number of amides is 1. The van der Waals surface area contributed by atoms with E-state index in [1.807, 2.05) is 6.92 Å². The van der Waals surface area contributed by atoms with Gasteiger partial charge in [-0.25, -0.2) is 0 Å². The number of carbonyl (C=O) groups is 1. The lowest BCUT2D eigenvalue weighted by Gasteiger charge is -2.25. The molecule has 6 nitrogen and oxygen atoms in total. The minimum Gasteiger partial charge on any atom is -0.481 e. The van der Waals surface area contributed by atoms with E-state index in [9.17, 15) is 15.1 Å². The molecule has 1 aliphatic rings. The zero-order chi connectivity index (χ0) is 14.5. The smallest absolute Gasteiger partial charge is 0.286 e. The van der Waals surface area contributed by atoms with E-state index in [1.165, 1.54) is 0 Å². The van der Waals surface area contributed by atoms with E-state index >= 15 is 0 Å². The first kappa shape index (κ1) is 14.4. The third kappa shape index (κ3) is 2.92. The number of nitrogens with zero attached hydrogens (tertiary/aromatic N) is 1. The average molecular weight is 279 g/mol. The van der Waals surface area contributed by atoms with Gasteiger partial charge in [0.1, 0.15) is 12.2 Å². The zero-order valence-corrected chi connectivity index (χ0v) is 11.2. The Bertz CT molecular complexity index is 526. The molecule has 0 radical (unpaired) electrons. The number of para-hydroxylation sites is 1. The number of fused-ring (bicyclic) bond motifs is 1. The van der Waals surface area contributed by atoms with Crippen LogP contribution in [0.15, 0.2) is 35.8 Å². The Labute approximate surface area is 116 Å². The third-order valence-electron chi connectivity index (χ3n) is 2.97. The lowest BCUT2D eigenvalue weighted by molar-refractivity contribution is -0.121. The van der Waals surface area contributed by atoms with Crippen LogP contribution in [-0.4, -0.2) is 36.0 Å². The predicted molar refractivity (Wildman–Crippen MR) is 71.5 cm³/mol. The maximum absolute atomic E-state index is 12.0. The summed E-state index contributed by atoms with van der Waals surface area (Å²) in [5.74, 6) is -1.15. The van der Waals surface area contributed by atoms with E-state index in [1.54, 1.807) is 24.3 Å². The first-order chi connectivity index (χ1) is 9.65. The fraction of sp³-hybridized carbons (Fsp3) is 0.357. The van der Waals surface area contributed by atoms with Gasteiger partial charge in [-0.2, -0.15) is 5.06 Å². The number of hydrogen-bond donors (Lipinski definition) is 2. The van der Waals surface area contributed by atoms with Crippen LogP contribution in [0.2, 0.25) is 0 Å². The van der Waals surface area contributed by atoms with Crippen LogP contribution >= 0.6 is 0 Å². The van der Waals surface area contributed by atoms with E-state index in [-0.39, 0.29) is 18.6 Å². The van der Waals surface area contributed by atoms with E-state index in [4.69, 9.17) is 9.47 Å². The van der Waals surface area contributed by atoms with Gasteiger partial charge in [-0.05, 0) is 18.6 Å². The number of ether oxygens (including phenoxy) is 2. The Morgan fingerprint density at radius 3 is 2.85 bits per heavy atom. The molecule has 1 amide bonds. The van der Waals surface area contributed by atoms with Crippen LogP contribution in [0.4, 0.5) is 5.69 Å². The number of carbonyl (C=O) groups excluding carboxylic acids is 1. The number of benzene rings is 1. The normalized spacial score (nSPS) is 16.9. The summed E-state index contributed by atoms with van der Waals surface area (Å²) >= 11 is 0. The van der Waals surface area contributed by atoms with Gasteiger partial charge in [0, 0.05) is 13.0 Å². The summed E-state index contributed by atoms with van der Waals surface area (Å²) in [5, 5.41) is 20.2. The van der Waals surface area contributed by atoms with Gasteiger partial charge in [-0.15, -0.1) is 0 Å². The second-order valence-electron chi connectivity index (χ2n) is 4.25. The summed E-state index contributed by atoms with van der Waals surface area (Å²) in [7, 11) is 0. The Morgan fingerprint density at radius 2 is 2.10 bits per heavy atom. The predicted octanol–water partition coefficient (Wildman–Crippen LogP) is 1.79. The maximum atomic E-state index is 12.0. The molecule has 1 heterocycles. The molecule has 0 saturated carbocycles. The Balaban J connectivity index is 2.15. The summed E-state index contributed by atoms with van der Waals surface area (Å²) in [5.41, 5.74) is 1.19. The number of aliphatic hydroxyl groups excluding tert-OH is 1. The number of hydrogen-bond acceptors (Lipinski definition) is 5. The molecule has 0 spiro atoms. The second kappa shape index (κ2) is 6.40. The molecule has 1 aliphatic heterocycles. The Hall–Kier alpha value is -2.05. The van der Waals surface area contributed by atoms with Crippen LogP contribution in [0, 0.1) is 0 Å². The van der Waals surface area contributed by atoms with Crippen LogP contribution in [-0.2, 0) is 20.7 Å². The van der Waals surface area contributed by atoms with E-state index in [0.717, 1.165) is 5.56 Å². The lowest BCUT2D eigenvalue weighted by Crippen LogP contribution is -2.35. The monoisotopic (exact) mass is 279 g/mol. The van der Waals surface area contributed by atoms with Crippen LogP contribution in [0.3, 0.4) is 0 Å². The van der Waals surface area contributed by atoms with Crippen molar-refractivity contribution in [2.24, 2.45) is 0 Å². The van der Waals surface area contributed by atoms with Crippen molar-refractivity contribution >= 4 is 11.6 Å². The summed E-state index contributed by atoms with van der Waals surface area (Å²) in [6.07, 6.45) is 0.215. The van der Waals surface area contributed by atoms with Gasteiger partial charge in [-0.1, -0.05) is 18.2 Å². The quantitative estimate of drug-likeness (QED) is 0.372. The average Bonchev–Trinajstić information content (AvgIpc) is 2.47. The van der Waals surface area contributed by atoms with Crippen LogP contribution in [0.5, 0.6) is 0 Å². The molecular formula is C14H17NO5. The van der Waals surface area contributed by atoms with Crippen molar-refractivity contribution < 1.29 is 24.6 Å². The van der Waals surface area contributed by atoms with Crippen molar-refractivity contribution in [2.75, 3.05) is 24.9 Å². The van der Waals surface area contributed by atoms with Gasteiger partial charge in [0.15, 0.2) is 0 Å². The standard InChI is InChI=1S/C14H17NO5/c1-2-19-7-8-20-14(17)11-9-10-5-3-4-6-12(10)15(18)13(11)16/h3-6,17-18H,2,7-9H2,1H3. The first-order valence-corrected chi connectivity index (χ1v) is 6.39. The highest BCUT2D eigenvalue weighted by molar-refractivity contribution is 6.06. The van der Waals surface area contributed by atoms with Crippen molar-refractivity contribution in [1.29, 1.82) is 0 Å². The molecule has 20 heavy (non-hydrogen) atoms. The third-order valence-corrected chi connectivity index (χ3v) is 2.97. The van der Waals surface area contributed by atoms with Gasteiger partial charge < -0.3 is 14.6 Å². The molecule has 0 saturated heterocycles. The largest absolute Gasteiger partial charge is 0.481 e. The fourth-order valence-corrected chi connectivity index (χ4v) is 1.97. The molecule has 0 unspecified atom stereocenters. The molecule has 2 rings (SSSR count). The molecule has 2 N–H and O–H groups in total. The first-order valence-electron chi connectivity index (χ1n) is 6.39. The van der Waals surface area contributed by atoms with Crippen LogP contribution in [0.25, 0.3) is 0 Å². The maximum Gasteiger partial charge on any atom is 0.286 e. The van der Waals surface area contributed by atoms with Gasteiger partial charge in [0.25, 0.3) is 11.9 Å². The van der Waals surface area contributed by atoms with Gasteiger partial charge in [0.05, 0.1) is 12.3 Å². The van der Waals surface area contributed by atoms with Crippen molar-refractivity contribution in [3.63, 3.8) is 0 Å². The number of aliphatic hydroxyl groups is 1. The summed E-state index contributed by atoms with van der Waals surface area (Å²) in [6.45, 7) is 2.87. The summed E-state index contributed by atoms with van der Waals surface area (Å²) in [6, 6.07) is 6.94. The number of anilines is 1. The van der Waals surface area contributed by atoms with Crippen LogP contribution in [0.1, 0.15) is 12.5 Å². The Morgan fingerprint density at radius 1 is 1.35 bits per heavy atom. The fourth-order valence-electron chi connectivity index (χ4n) is 1.97. The summed E-state index contributed by atoms with van der Waals surface area (Å²) < 4.78 is 10.1. The molecule has 0 fully saturated rings. The molecule has 1 aromatic rings. The molecule has 0 bridgehead atoms. The van der Waals surface area contributed by atoms with Gasteiger partial charge >= 0.3 is 0 Å². The minimum absolute atomic E-state index is 0.0303. The van der Waals surface area contributed by atoms with Crippen molar-refractivity contribution in [3.05, 3.63) is 41.3 Å². The Kier molecular flexibility index (Phi) is 4.60. The summed E-state index contributed by atoms with van der Waals surface area (Å²) in [4.78, 5) is 12.0. The van der Waals surface area contributed by atoms with Crippen LogP contribution < -0.4 is 5.06 Å².